The van der Waals surface area contributed by atoms with E-state index in [0.717, 1.165) is 6.42 Å². The lowest BCUT2D eigenvalue weighted by Crippen LogP contribution is -2.31. The van der Waals surface area contributed by atoms with Gasteiger partial charge in [-0.25, -0.2) is 4.63 Å². The Bertz CT molecular complexity index is 635. The van der Waals surface area contributed by atoms with Gasteiger partial charge in [0.05, 0.1) is 0 Å². The van der Waals surface area contributed by atoms with Crippen molar-refractivity contribution in [3.8, 4) is 0 Å². The monoisotopic (exact) mass is 286 g/mol. The van der Waals surface area contributed by atoms with Crippen LogP contribution in [0.4, 0.5) is 11.6 Å². The van der Waals surface area contributed by atoms with Crippen molar-refractivity contribution < 1.29 is 9.42 Å². The summed E-state index contributed by atoms with van der Waals surface area (Å²) in [5, 5.41) is 10.4. The van der Waals surface area contributed by atoms with Crippen LogP contribution in [-0.2, 0) is 4.79 Å². The Morgan fingerprint density at radius 1 is 1.24 bits per heavy atom. The van der Waals surface area contributed by atoms with E-state index < -0.39 is 0 Å². The molecule has 0 amide bonds. The van der Waals surface area contributed by atoms with Crippen LogP contribution in [0.3, 0.4) is 0 Å². The molecule has 3 rings (SSSR count). The molecule has 6 heteroatoms. The third-order valence-corrected chi connectivity index (χ3v) is 3.92. The van der Waals surface area contributed by atoms with E-state index in [-0.39, 0.29) is 23.6 Å². The summed E-state index contributed by atoms with van der Waals surface area (Å²) >= 11 is 0. The standard InChI is InChI=1S/C15H18N4O2/c1-9-2-4-10(5-3-9)11-6-12(8-13(20)7-11)17-15-14(16)18-21-19-15/h2-5,11-12H,6-8H2,1H3,(H2,16,18)(H,17,19)/t11-,12-/m1/s1. The van der Waals surface area contributed by atoms with Crippen LogP contribution in [0.5, 0.6) is 0 Å². The second-order valence-corrected chi connectivity index (χ2v) is 5.63. The number of nitrogens with one attached hydrogen (secondary N) is 1. The minimum absolute atomic E-state index is 0.00625. The van der Waals surface area contributed by atoms with Gasteiger partial charge in [0.2, 0.25) is 11.6 Å². The van der Waals surface area contributed by atoms with Crippen molar-refractivity contribution in [2.24, 2.45) is 0 Å². The maximum absolute atomic E-state index is 12.0. The zero-order valence-electron chi connectivity index (χ0n) is 11.9. The smallest absolute Gasteiger partial charge is 0.215 e. The number of aromatic nitrogens is 2. The number of Topliss-reactive ketones (excluding diaryl/α,β-unsaturated/α-hetero) is 1. The molecule has 0 unspecified atom stereocenters. The summed E-state index contributed by atoms with van der Waals surface area (Å²) in [7, 11) is 0. The van der Waals surface area contributed by atoms with Gasteiger partial charge in [-0.3, -0.25) is 4.79 Å². The van der Waals surface area contributed by atoms with E-state index in [1.165, 1.54) is 11.1 Å². The Morgan fingerprint density at radius 3 is 2.67 bits per heavy atom. The van der Waals surface area contributed by atoms with Crippen LogP contribution >= 0.6 is 0 Å². The Labute approximate surface area is 122 Å². The van der Waals surface area contributed by atoms with Crippen molar-refractivity contribution in [1.82, 2.24) is 10.3 Å². The summed E-state index contributed by atoms with van der Waals surface area (Å²) < 4.78 is 4.57. The van der Waals surface area contributed by atoms with E-state index in [1.54, 1.807) is 0 Å². The van der Waals surface area contributed by atoms with Gasteiger partial charge in [0.1, 0.15) is 5.78 Å². The first-order valence-corrected chi connectivity index (χ1v) is 7.04. The van der Waals surface area contributed by atoms with Gasteiger partial charge >= 0.3 is 0 Å². The molecule has 21 heavy (non-hydrogen) atoms. The van der Waals surface area contributed by atoms with Crippen molar-refractivity contribution in [3.05, 3.63) is 35.4 Å². The normalized spacial score (nSPS) is 22.2. The van der Waals surface area contributed by atoms with Gasteiger partial charge in [0.15, 0.2) is 0 Å². The van der Waals surface area contributed by atoms with Crippen LogP contribution in [0, 0.1) is 6.92 Å². The molecule has 0 bridgehead atoms. The lowest BCUT2D eigenvalue weighted by atomic mass is 9.80. The fourth-order valence-corrected chi connectivity index (χ4v) is 2.83. The van der Waals surface area contributed by atoms with Crippen molar-refractivity contribution in [1.29, 1.82) is 0 Å². The van der Waals surface area contributed by atoms with E-state index in [1.807, 2.05) is 0 Å². The Morgan fingerprint density at radius 2 is 2.00 bits per heavy atom. The summed E-state index contributed by atoms with van der Waals surface area (Å²) in [5.41, 5.74) is 8.06. The first-order chi connectivity index (χ1) is 10.1. The van der Waals surface area contributed by atoms with Crippen LogP contribution in [0.1, 0.15) is 36.3 Å². The van der Waals surface area contributed by atoms with E-state index in [2.05, 4.69) is 51.4 Å². The molecule has 0 spiro atoms. The number of nitrogens with two attached hydrogens (primary N) is 1. The van der Waals surface area contributed by atoms with Crippen LogP contribution in [0.25, 0.3) is 0 Å². The number of hydrogen-bond donors (Lipinski definition) is 2. The van der Waals surface area contributed by atoms with Gasteiger partial charge in [0, 0.05) is 18.9 Å². The molecule has 3 N–H and O–H groups in total. The molecule has 1 aliphatic rings. The van der Waals surface area contributed by atoms with Gasteiger partial charge in [-0.2, -0.15) is 0 Å². The number of aryl methyl sites for hydroxylation is 1. The topological polar surface area (TPSA) is 94.0 Å². The molecule has 0 radical (unpaired) electrons. The van der Waals surface area contributed by atoms with Crippen molar-refractivity contribution >= 4 is 17.4 Å². The second kappa shape index (κ2) is 5.55. The van der Waals surface area contributed by atoms with Gasteiger partial charge in [-0.1, -0.05) is 29.8 Å². The van der Waals surface area contributed by atoms with E-state index in [9.17, 15) is 4.79 Å². The number of anilines is 2. The third kappa shape index (κ3) is 3.04. The fourth-order valence-electron chi connectivity index (χ4n) is 2.83. The molecule has 2 atom stereocenters. The van der Waals surface area contributed by atoms with Gasteiger partial charge < -0.3 is 11.1 Å². The van der Waals surface area contributed by atoms with Crippen LogP contribution in [0.15, 0.2) is 28.9 Å². The molecular formula is C15H18N4O2. The number of rotatable bonds is 3. The zero-order valence-corrected chi connectivity index (χ0v) is 11.9. The molecule has 1 aromatic heterocycles. The number of carbonyl (C=O) groups excluding carboxylic acids is 1. The quantitative estimate of drug-likeness (QED) is 0.899. The minimum Gasteiger partial charge on any atom is -0.378 e. The molecule has 6 nitrogen and oxygen atoms in total. The number of nitrogen functional groups attached to an aromatic ring is 1. The predicted molar refractivity (Wildman–Crippen MR) is 78.9 cm³/mol. The lowest BCUT2D eigenvalue weighted by Gasteiger charge is -2.29. The summed E-state index contributed by atoms with van der Waals surface area (Å²) in [4.78, 5) is 12.0. The Hall–Kier alpha value is -2.37. The maximum Gasteiger partial charge on any atom is 0.215 e. The molecule has 1 aromatic carbocycles. The molecule has 1 saturated carbocycles. The average molecular weight is 286 g/mol. The lowest BCUT2D eigenvalue weighted by molar-refractivity contribution is -0.120. The molecule has 1 aliphatic carbocycles. The number of hydrogen-bond acceptors (Lipinski definition) is 6. The largest absolute Gasteiger partial charge is 0.378 e. The molecular weight excluding hydrogens is 268 g/mol. The summed E-state index contributed by atoms with van der Waals surface area (Å²) in [6, 6.07) is 8.36. The average Bonchev–Trinajstić information content (AvgIpc) is 2.84. The van der Waals surface area contributed by atoms with Crippen molar-refractivity contribution in [2.45, 2.75) is 38.1 Å². The highest BCUT2D eigenvalue weighted by Crippen LogP contribution is 2.33. The van der Waals surface area contributed by atoms with Crippen molar-refractivity contribution in [2.75, 3.05) is 11.1 Å². The van der Waals surface area contributed by atoms with Gasteiger partial charge in [-0.15, -0.1) is 0 Å². The molecule has 1 heterocycles. The van der Waals surface area contributed by atoms with E-state index in [0.29, 0.717) is 18.7 Å². The number of ketones is 1. The van der Waals surface area contributed by atoms with Crippen LogP contribution in [0.2, 0.25) is 0 Å². The minimum atomic E-state index is 0.00625. The van der Waals surface area contributed by atoms with Crippen molar-refractivity contribution in [3.63, 3.8) is 0 Å². The highest BCUT2D eigenvalue weighted by atomic mass is 16.6. The first-order valence-electron chi connectivity index (χ1n) is 7.04. The molecule has 110 valence electrons. The van der Waals surface area contributed by atoms with Gasteiger partial charge in [0.25, 0.3) is 0 Å². The van der Waals surface area contributed by atoms with Crippen LogP contribution < -0.4 is 11.1 Å². The summed E-state index contributed by atoms with van der Waals surface area (Å²) in [6.07, 6.45) is 1.93. The molecule has 0 aliphatic heterocycles. The molecule has 1 fully saturated rings. The summed E-state index contributed by atoms with van der Waals surface area (Å²) in [6.45, 7) is 2.06. The molecule has 2 aromatic rings. The third-order valence-electron chi connectivity index (χ3n) is 3.92. The number of nitrogens with zero attached hydrogens (tertiary/aromatic N) is 2. The van der Waals surface area contributed by atoms with Gasteiger partial charge in [-0.05, 0) is 35.1 Å². The van der Waals surface area contributed by atoms with E-state index in [4.69, 9.17) is 5.73 Å². The highest BCUT2D eigenvalue weighted by Gasteiger charge is 2.29. The SMILES string of the molecule is Cc1ccc([C@H]2CC(=O)C[C@H](Nc3nonc3N)C2)cc1. The Balaban J connectivity index is 1.74. The zero-order chi connectivity index (χ0) is 14.8. The predicted octanol–water partition coefficient (Wildman–Crippen LogP) is 2.28. The number of carbonyl (C=O) groups is 1. The summed E-state index contributed by atoms with van der Waals surface area (Å²) in [5.74, 6) is 1.11. The maximum atomic E-state index is 12.0. The second-order valence-electron chi connectivity index (χ2n) is 5.63. The molecule has 0 saturated heterocycles. The Kier molecular flexibility index (Phi) is 3.60. The number of benzene rings is 1. The first kappa shape index (κ1) is 13.6. The van der Waals surface area contributed by atoms with E-state index >= 15 is 0 Å². The van der Waals surface area contributed by atoms with Crippen LogP contribution in [-0.4, -0.2) is 22.1 Å². The fraction of sp³-hybridized carbons (Fsp3) is 0.400. The highest BCUT2D eigenvalue weighted by molar-refractivity contribution is 5.81.